The normalized spacial score (nSPS) is 19.2. The van der Waals surface area contributed by atoms with Crippen LogP contribution in [0.1, 0.15) is 94.3 Å². The van der Waals surface area contributed by atoms with Gasteiger partial charge in [-0.05, 0) is 44.2 Å². The molecule has 2 rings (SSSR count). The van der Waals surface area contributed by atoms with Crippen LogP contribution in [0.5, 0.6) is 0 Å². The number of hydrogen-bond donors (Lipinski definition) is 0. The first-order valence-electron chi connectivity index (χ1n) is 12.1. The number of esters is 1. The van der Waals surface area contributed by atoms with E-state index in [1.807, 2.05) is 30.3 Å². The van der Waals surface area contributed by atoms with E-state index in [0.717, 1.165) is 17.4 Å². The quantitative estimate of drug-likeness (QED) is 0.244. The van der Waals surface area contributed by atoms with E-state index >= 15 is 0 Å². The van der Waals surface area contributed by atoms with Crippen LogP contribution >= 0.6 is 0 Å². The summed E-state index contributed by atoms with van der Waals surface area (Å²) in [6, 6.07) is 9.44. The van der Waals surface area contributed by atoms with Gasteiger partial charge in [-0.3, -0.25) is 0 Å². The van der Waals surface area contributed by atoms with Gasteiger partial charge in [0.15, 0.2) is 0 Å². The summed E-state index contributed by atoms with van der Waals surface area (Å²) >= 11 is 0. The van der Waals surface area contributed by atoms with Gasteiger partial charge >= 0.3 is 5.97 Å². The van der Waals surface area contributed by atoms with Crippen LogP contribution in [0.15, 0.2) is 30.3 Å². The topological polar surface area (TPSA) is 26.3 Å². The van der Waals surface area contributed by atoms with E-state index < -0.39 is 0 Å². The fourth-order valence-electron chi connectivity index (χ4n) is 4.72. The summed E-state index contributed by atoms with van der Waals surface area (Å²) < 4.78 is 7.02. The van der Waals surface area contributed by atoms with Gasteiger partial charge in [-0.15, -0.1) is 0 Å². The highest BCUT2D eigenvalue weighted by molar-refractivity contribution is 5.89. The summed E-state index contributed by atoms with van der Waals surface area (Å²) in [5.74, 6) is 0.330. The summed E-state index contributed by atoms with van der Waals surface area (Å²) in [5.41, 5.74) is 0.671. The van der Waals surface area contributed by atoms with E-state index in [4.69, 9.17) is 4.74 Å². The molecule has 0 aromatic heterocycles. The van der Waals surface area contributed by atoms with Gasteiger partial charge in [0.1, 0.15) is 6.10 Å². The Kier molecular flexibility index (Phi) is 13.6. The third-order valence-electron chi connectivity index (χ3n) is 6.45. The molecule has 172 valence electrons. The standard InChI is InChI=1S/C26H44NO2.BrH/c1-4-5-6-7-8-9-10-16-21-27(2,3)22-24-19-14-15-20-25(24)29-26(28)23-17-12-11-13-18-23;/h11-13,17-18,24-25H,4-10,14-16,19-22H2,1-3H3;1H/q+1;/p-1/t24-,25-;/m0./s1. The predicted octanol–water partition coefficient (Wildman–Crippen LogP) is 3.62. The van der Waals surface area contributed by atoms with Crippen LogP contribution < -0.4 is 17.0 Å². The van der Waals surface area contributed by atoms with E-state index in [1.165, 1.54) is 77.2 Å². The second-order valence-electron chi connectivity index (χ2n) is 9.67. The molecule has 3 nitrogen and oxygen atoms in total. The lowest BCUT2D eigenvalue weighted by Crippen LogP contribution is -3.00. The van der Waals surface area contributed by atoms with Gasteiger partial charge in [0.25, 0.3) is 0 Å². The van der Waals surface area contributed by atoms with Gasteiger partial charge in [-0.1, -0.05) is 70.1 Å². The summed E-state index contributed by atoms with van der Waals surface area (Å²) in [6.45, 7) is 4.62. The third-order valence-corrected chi connectivity index (χ3v) is 6.45. The average Bonchev–Trinajstić information content (AvgIpc) is 2.72. The van der Waals surface area contributed by atoms with Crippen molar-refractivity contribution in [2.24, 2.45) is 5.92 Å². The van der Waals surface area contributed by atoms with Gasteiger partial charge in [0.05, 0.1) is 32.7 Å². The fraction of sp³-hybridized carbons (Fsp3) is 0.731. The van der Waals surface area contributed by atoms with E-state index in [9.17, 15) is 4.79 Å². The molecule has 0 saturated heterocycles. The maximum Gasteiger partial charge on any atom is 0.338 e. The second kappa shape index (κ2) is 15.0. The summed E-state index contributed by atoms with van der Waals surface area (Å²) in [5, 5.41) is 0. The Morgan fingerprint density at radius 2 is 1.53 bits per heavy atom. The number of rotatable bonds is 13. The number of hydrogen-bond acceptors (Lipinski definition) is 2. The van der Waals surface area contributed by atoms with Gasteiger partial charge in [-0.25, -0.2) is 4.79 Å². The maximum absolute atomic E-state index is 12.5. The molecule has 0 heterocycles. The smallest absolute Gasteiger partial charge is 0.338 e. The van der Waals surface area contributed by atoms with E-state index in [0.29, 0.717) is 11.5 Å². The largest absolute Gasteiger partial charge is 1.00 e. The lowest BCUT2D eigenvalue weighted by Gasteiger charge is -2.38. The number of unbranched alkanes of at least 4 members (excludes halogenated alkanes) is 7. The molecule has 0 spiro atoms. The molecule has 1 aliphatic rings. The van der Waals surface area contributed by atoms with Gasteiger partial charge in [0, 0.05) is 5.92 Å². The van der Waals surface area contributed by atoms with Crippen LogP contribution in [0, 0.1) is 5.92 Å². The van der Waals surface area contributed by atoms with Gasteiger partial charge in [-0.2, -0.15) is 0 Å². The lowest BCUT2D eigenvalue weighted by molar-refractivity contribution is -0.894. The van der Waals surface area contributed by atoms with E-state index in [1.54, 1.807) is 0 Å². The van der Waals surface area contributed by atoms with Crippen LogP contribution in [-0.2, 0) is 4.74 Å². The second-order valence-corrected chi connectivity index (χ2v) is 9.67. The van der Waals surface area contributed by atoms with Crippen molar-refractivity contribution < 1.29 is 31.0 Å². The summed E-state index contributed by atoms with van der Waals surface area (Å²) in [6.07, 6.45) is 15.7. The number of carbonyl (C=O) groups is 1. The fourth-order valence-corrected chi connectivity index (χ4v) is 4.72. The number of nitrogens with zero attached hydrogens (tertiary/aromatic N) is 1. The predicted molar refractivity (Wildman–Crippen MR) is 122 cm³/mol. The van der Waals surface area contributed by atoms with Crippen molar-refractivity contribution in [1.29, 1.82) is 0 Å². The number of quaternary nitrogens is 1. The van der Waals surface area contributed by atoms with Crippen molar-refractivity contribution >= 4 is 5.97 Å². The Hall–Kier alpha value is -0.870. The molecule has 2 atom stereocenters. The molecule has 30 heavy (non-hydrogen) atoms. The van der Waals surface area contributed by atoms with Crippen LogP contribution in [0.25, 0.3) is 0 Å². The SMILES string of the molecule is CCCCCCCCCC[N+](C)(C)C[C@@H]1CCCC[C@@H]1OC(=O)c1ccccc1.[Br-]. The molecule has 1 aromatic rings. The highest BCUT2D eigenvalue weighted by Gasteiger charge is 2.33. The number of benzene rings is 1. The molecule has 1 aliphatic carbocycles. The summed E-state index contributed by atoms with van der Waals surface area (Å²) in [7, 11) is 4.71. The zero-order valence-electron chi connectivity index (χ0n) is 19.6. The minimum absolute atomic E-state index is 0. The molecular formula is C26H44BrNO2. The highest BCUT2D eigenvalue weighted by atomic mass is 79.9. The molecule has 1 aromatic carbocycles. The zero-order valence-corrected chi connectivity index (χ0v) is 21.2. The van der Waals surface area contributed by atoms with Gasteiger partial charge in [0.2, 0.25) is 0 Å². The monoisotopic (exact) mass is 481 g/mol. The number of carbonyl (C=O) groups excluding carboxylic acids is 1. The van der Waals surface area contributed by atoms with Crippen molar-refractivity contribution in [2.45, 2.75) is 90.1 Å². The first kappa shape index (κ1) is 27.2. The maximum atomic E-state index is 12.5. The average molecular weight is 483 g/mol. The molecule has 4 heteroatoms. The first-order valence-corrected chi connectivity index (χ1v) is 12.1. The molecule has 0 amide bonds. The minimum Gasteiger partial charge on any atom is -1.00 e. The molecule has 1 saturated carbocycles. The van der Waals surface area contributed by atoms with E-state index in [2.05, 4.69) is 21.0 Å². The third kappa shape index (κ3) is 10.4. The Labute approximate surface area is 195 Å². The zero-order chi connectivity index (χ0) is 21.0. The van der Waals surface area contributed by atoms with Crippen LogP contribution in [0.4, 0.5) is 0 Å². The van der Waals surface area contributed by atoms with E-state index in [-0.39, 0.29) is 29.1 Å². The lowest BCUT2D eigenvalue weighted by atomic mass is 9.85. The number of halogens is 1. The molecule has 0 aliphatic heterocycles. The Morgan fingerprint density at radius 1 is 0.933 bits per heavy atom. The Balaban J connectivity index is 0.00000450. The molecule has 0 radical (unpaired) electrons. The van der Waals surface area contributed by atoms with Crippen molar-refractivity contribution in [3.05, 3.63) is 35.9 Å². The van der Waals surface area contributed by atoms with Crippen LogP contribution in [-0.4, -0.2) is 43.7 Å². The van der Waals surface area contributed by atoms with Gasteiger partial charge < -0.3 is 26.2 Å². The van der Waals surface area contributed by atoms with Crippen LogP contribution in [0.2, 0.25) is 0 Å². The molecular weight excluding hydrogens is 438 g/mol. The van der Waals surface area contributed by atoms with Crippen LogP contribution in [0.3, 0.4) is 0 Å². The minimum atomic E-state index is -0.157. The number of ether oxygens (including phenoxy) is 1. The Bertz CT molecular complexity index is 576. The Morgan fingerprint density at radius 3 is 2.20 bits per heavy atom. The first-order chi connectivity index (χ1) is 14.0. The molecule has 0 bridgehead atoms. The van der Waals surface area contributed by atoms with Crippen molar-refractivity contribution in [3.8, 4) is 0 Å². The van der Waals surface area contributed by atoms with Crippen molar-refractivity contribution in [1.82, 2.24) is 0 Å². The molecule has 0 unspecified atom stereocenters. The molecule has 1 fully saturated rings. The molecule has 0 N–H and O–H groups in total. The highest BCUT2D eigenvalue weighted by Crippen LogP contribution is 2.29. The summed E-state index contributed by atoms with van der Waals surface area (Å²) in [4.78, 5) is 12.5. The van der Waals surface area contributed by atoms with Crippen molar-refractivity contribution in [2.75, 3.05) is 27.2 Å². The van der Waals surface area contributed by atoms with Crippen molar-refractivity contribution in [3.63, 3.8) is 0 Å².